The van der Waals surface area contributed by atoms with Crippen LogP contribution in [0.5, 0.6) is 0 Å². The van der Waals surface area contributed by atoms with E-state index in [1.165, 1.54) is 0 Å². The Morgan fingerprint density at radius 2 is 1.92 bits per heavy atom. The second-order valence-corrected chi connectivity index (χ2v) is 4.26. The predicted molar refractivity (Wildman–Crippen MR) is 57.9 cm³/mol. The molecule has 0 aromatic rings. The molecule has 0 N–H and O–H groups in total. The van der Waals surface area contributed by atoms with Gasteiger partial charge in [-0.05, 0) is 18.8 Å². The van der Waals surface area contributed by atoms with Crippen LogP contribution >= 0.6 is 15.9 Å². The number of halogens is 1. The van der Waals surface area contributed by atoms with Gasteiger partial charge in [-0.3, -0.25) is 4.79 Å². The van der Waals surface area contributed by atoms with Crippen LogP contribution in [0.15, 0.2) is 0 Å². The molecule has 0 aliphatic carbocycles. The fraction of sp³-hybridized carbons (Fsp3) is 0.900. The topological polar surface area (TPSA) is 26.3 Å². The van der Waals surface area contributed by atoms with E-state index in [9.17, 15) is 4.79 Å². The molecule has 0 aromatic carbocycles. The lowest BCUT2D eigenvalue weighted by Crippen LogP contribution is -2.28. The van der Waals surface area contributed by atoms with Crippen LogP contribution in [0.4, 0.5) is 0 Å². The highest BCUT2D eigenvalue weighted by Gasteiger charge is 2.27. The molecule has 0 heterocycles. The van der Waals surface area contributed by atoms with Crippen LogP contribution in [-0.4, -0.2) is 17.9 Å². The largest absolute Gasteiger partial charge is 0.466 e. The van der Waals surface area contributed by atoms with Gasteiger partial charge in [0.15, 0.2) is 0 Å². The summed E-state index contributed by atoms with van der Waals surface area (Å²) in [4.78, 5) is 11.5. The quantitative estimate of drug-likeness (QED) is 0.554. The molecular formula is C10H19BrO2. The number of hydrogen-bond donors (Lipinski definition) is 0. The fourth-order valence-corrected chi connectivity index (χ4v) is 1.99. The molecule has 78 valence electrons. The number of rotatable bonds is 5. The molecule has 0 fully saturated rings. The molecular weight excluding hydrogens is 232 g/mol. The minimum absolute atomic E-state index is 0.0139. The van der Waals surface area contributed by atoms with Crippen LogP contribution in [-0.2, 0) is 9.53 Å². The van der Waals surface area contributed by atoms with Crippen molar-refractivity contribution in [2.45, 2.75) is 27.7 Å². The number of ether oxygens (including phenoxy) is 1. The van der Waals surface area contributed by atoms with E-state index in [1.807, 2.05) is 6.92 Å². The molecule has 0 rings (SSSR count). The third kappa shape index (κ3) is 4.12. The molecule has 0 spiro atoms. The van der Waals surface area contributed by atoms with Gasteiger partial charge in [0.1, 0.15) is 0 Å². The summed E-state index contributed by atoms with van der Waals surface area (Å²) >= 11 is 3.35. The minimum Gasteiger partial charge on any atom is -0.466 e. The molecule has 0 aliphatic heterocycles. The molecule has 3 heteroatoms. The summed E-state index contributed by atoms with van der Waals surface area (Å²) in [5.41, 5.74) is 0. The standard InChI is InChI=1S/C10H19BrO2/c1-5-13-10(12)9(6-11)8(4)7(2)3/h7-9H,5-6H2,1-4H3. The van der Waals surface area contributed by atoms with Crippen molar-refractivity contribution in [1.82, 2.24) is 0 Å². The highest BCUT2D eigenvalue weighted by atomic mass is 79.9. The van der Waals surface area contributed by atoms with Gasteiger partial charge in [-0.15, -0.1) is 0 Å². The molecule has 0 saturated heterocycles. The smallest absolute Gasteiger partial charge is 0.310 e. The number of esters is 1. The third-order valence-electron chi connectivity index (χ3n) is 2.44. The summed E-state index contributed by atoms with van der Waals surface area (Å²) in [6, 6.07) is 0. The van der Waals surface area contributed by atoms with Crippen LogP contribution < -0.4 is 0 Å². The molecule has 2 unspecified atom stereocenters. The van der Waals surface area contributed by atoms with E-state index < -0.39 is 0 Å². The fourth-order valence-electron chi connectivity index (χ4n) is 1.13. The molecule has 0 aliphatic rings. The van der Waals surface area contributed by atoms with E-state index in [0.29, 0.717) is 23.8 Å². The van der Waals surface area contributed by atoms with Crippen molar-refractivity contribution in [3.8, 4) is 0 Å². The van der Waals surface area contributed by atoms with Gasteiger partial charge in [-0.2, -0.15) is 0 Å². The molecule has 2 nitrogen and oxygen atoms in total. The van der Waals surface area contributed by atoms with Crippen LogP contribution in [0.2, 0.25) is 0 Å². The summed E-state index contributed by atoms with van der Waals surface area (Å²) in [6.45, 7) is 8.64. The van der Waals surface area contributed by atoms with E-state index in [-0.39, 0.29) is 11.9 Å². The van der Waals surface area contributed by atoms with E-state index in [2.05, 4.69) is 36.7 Å². The van der Waals surface area contributed by atoms with Crippen molar-refractivity contribution < 1.29 is 9.53 Å². The van der Waals surface area contributed by atoms with Gasteiger partial charge in [0.2, 0.25) is 0 Å². The van der Waals surface area contributed by atoms with Gasteiger partial charge in [-0.1, -0.05) is 36.7 Å². The number of carbonyl (C=O) groups excluding carboxylic acids is 1. The maximum Gasteiger partial charge on any atom is 0.310 e. The summed E-state index contributed by atoms with van der Waals surface area (Å²) in [5, 5.41) is 0.686. The zero-order chi connectivity index (χ0) is 10.4. The van der Waals surface area contributed by atoms with E-state index >= 15 is 0 Å². The van der Waals surface area contributed by atoms with Gasteiger partial charge >= 0.3 is 5.97 Å². The Morgan fingerprint density at radius 3 is 2.23 bits per heavy atom. The molecule has 0 radical (unpaired) electrons. The predicted octanol–water partition coefficient (Wildman–Crippen LogP) is 2.85. The Kier molecular flexibility index (Phi) is 6.39. The normalized spacial score (nSPS) is 15.5. The van der Waals surface area contributed by atoms with E-state index in [4.69, 9.17) is 4.74 Å². The molecule has 13 heavy (non-hydrogen) atoms. The summed E-state index contributed by atoms with van der Waals surface area (Å²) < 4.78 is 5.00. The number of alkyl halides is 1. The van der Waals surface area contributed by atoms with Crippen LogP contribution in [0.1, 0.15) is 27.7 Å². The Morgan fingerprint density at radius 1 is 1.38 bits per heavy atom. The zero-order valence-corrected chi connectivity index (χ0v) is 10.4. The molecule has 0 saturated carbocycles. The molecule has 0 bridgehead atoms. The van der Waals surface area contributed by atoms with Crippen LogP contribution in [0.25, 0.3) is 0 Å². The number of carbonyl (C=O) groups is 1. The van der Waals surface area contributed by atoms with Gasteiger partial charge < -0.3 is 4.74 Å². The Balaban J connectivity index is 4.23. The number of hydrogen-bond acceptors (Lipinski definition) is 2. The van der Waals surface area contributed by atoms with Crippen LogP contribution in [0, 0.1) is 17.8 Å². The Hall–Kier alpha value is -0.0500. The lowest BCUT2D eigenvalue weighted by atomic mass is 9.86. The van der Waals surface area contributed by atoms with Crippen molar-refractivity contribution in [2.75, 3.05) is 11.9 Å². The second kappa shape index (κ2) is 6.41. The highest BCUT2D eigenvalue weighted by Crippen LogP contribution is 2.23. The third-order valence-corrected chi connectivity index (χ3v) is 3.14. The first-order valence-corrected chi connectivity index (χ1v) is 5.89. The average Bonchev–Trinajstić information content (AvgIpc) is 2.05. The van der Waals surface area contributed by atoms with Gasteiger partial charge in [0, 0.05) is 5.33 Å². The summed E-state index contributed by atoms with van der Waals surface area (Å²) in [6.07, 6.45) is 0. The van der Waals surface area contributed by atoms with E-state index in [1.54, 1.807) is 0 Å². The maximum atomic E-state index is 11.5. The highest BCUT2D eigenvalue weighted by molar-refractivity contribution is 9.09. The Bertz CT molecular complexity index is 157. The monoisotopic (exact) mass is 250 g/mol. The lowest BCUT2D eigenvalue weighted by Gasteiger charge is -2.23. The molecule has 0 amide bonds. The summed E-state index contributed by atoms with van der Waals surface area (Å²) in [5.74, 6) is 0.769. The van der Waals surface area contributed by atoms with Crippen LogP contribution in [0.3, 0.4) is 0 Å². The average molecular weight is 251 g/mol. The van der Waals surface area contributed by atoms with Crippen molar-refractivity contribution in [3.05, 3.63) is 0 Å². The van der Waals surface area contributed by atoms with E-state index in [0.717, 1.165) is 0 Å². The van der Waals surface area contributed by atoms with Gasteiger partial charge in [-0.25, -0.2) is 0 Å². The first kappa shape index (κ1) is 12.9. The van der Waals surface area contributed by atoms with Crippen molar-refractivity contribution in [1.29, 1.82) is 0 Å². The lowest BCUT2D eigenvalue weighted by molar-refractivity contribution is -0.149. The first-order chi connectivity index (χ1) is 6.04. The summed E-state index contributed by atoms with van der Waals surface area (Å²) in [7, 11) is 0. The maximum absolute atomic E-state index is 11.5. The second-order valence-electron chi connectivity index (χ2n) is 3.62. The van der Waals surface area contributed by atoms with Gasteiger partial charge in [0.25, 0.3) is 0 Å². The van der Waals surface area contributed by atoms with Crippen molar-refractivity contribution in [3.63, 3.8) is 0 Å². The molecule has 0 aromatic heterocycles. The van der Waals surface area contributed by atoms with Crippen molar-refractivity contribution in [2.24, 2.45) is 17.8 Å². The van der Waals surface area contributed by atoms with Gasteiger partial charge in [0.05, 0.1) is 12.5 Å². The van der Waals surface area contributed by atoms with Crippen molar-refractivity contribution >= 4 is 21.9 Å². The molecule has 2 atom stereocenters. The minimum atomic E-state index is -0.0828. The Labute approximate surface area is 89.2 Å². The first-order valence-electron chi connectivity index (χ1n) is 4.77. The SMILES string of the molecule is CCOC(=O)C(CBr)C(C)C(C)C. The zero-order valence-electron chi connectivity index (χ0n) is 8.84.